The molecule has 20 nitrogen and oxygen atoms in total. The number of amides is 1. The molecule has 2 N–H and O–H groups in total. The normalized spacial score (nSPS) is 12.7. The molecule has 4 aromatic heterocycles. The molecule has 0 atom stereocenters. The molecule has 63 heavy (non-hydrogen) atoms. The number of halogens is 6. The maximum absolute atomic E-state index is 14.4. The lowest BCUT2D eigenvalue weighted by Gasteiger charge is -2.28. The minimum atomic E-state index is -5.93. The SMILES string of the molecule is CCCC(=O)CS(=O)(=O)N(CS(=O)(=O)N(C(C)=O)n1c(=O)[nH]c2cc(C(F)(F)F)c(-c3ccnn3C(C)C)cc2c1=O)n1c(=O)[nH]c2cc(C(F)(F)F)c(-n3ccnc3)cc2c1=O. The Morgan fingerprint density at radius 3 is 1.92 bits per heavy atom. The summed E-state index contributed by atoms with van der Waals surface area (Å²) in [5.74, 6) is -6.63. The van der Waals surface area contributed by atoms with Gasteiger partial charge in [0.2, 0.25) is 0 Å². The van der Waals surface area contributed by atoms with Gasteiger partial charge in [0.25, 0.3) is 37.1 Å². The third kappa shape index (κ3) is 8.53. The molecule has 1 amide bonds. The van der Waals surface area contributed by atoms with Crippen molar-refractivity contribution in [2.75, 3.05) is 20.5 Å². The lowest BCUT2D eigenvalue weighted by Crippen LogP contribution is -2.61. The van der Waals surface area contributed by atoms with Gasteiger partial charge >= 0.3 is 23.7 Å². The Morgan fingerprint density at radius 2 is 1.38 bits per heavy atom. The van der Waals surface area contributed by atoms with Crippen molar-refractivity contribution in [3.8, 4) is 16.9 Å². The number of sulfonamides is 2. The second-order valence-electron chi connectivity index (χ2n) is 14.0. The standard InChI is InChI=1S/C35H32F6N10O10S2/c1-5-6-20(53)15-62(58,59)47(49-30(54)23-12-29(46-10-9-42-16-46)25(35(39,40)41)14-27(23)44-32(49)56)17-63(60,61)51(19(4)52)50-31(55)22-11-21(28-7-8-43-48(28)18(2)3)24(34(36,37)38)13-26(22)45-33(50)57/h7-14,16,18H,5-6,15,17H2,1-4H3,(H,44,56)(H,45,57). The van der Waals surface area contributed by atoms with E-state index < -0.39 is 144 Å². The van der Waals surface area contributed by atoms with E-state index in [1.165, 1.54) is 13.0 Å². The molecule has 336 valence electrons. The van der Waals surface area contributed by atoms with E-state index >= 15 is 0 Å². The Hall–Kier alpha value is -6.84. The highest BCUT2D eigenvalue weighted by molar-refractivity contribution is 7.97. The molecule has 0 saturated carbocycles. The van der Waals surface area contributed by atoms with Gasteiger partial charge in [0.1, 0.15) is 11.5 Å². The van der Waals surface area contributed by atoms with Crippen LogP contribution < -0.4 is 31.3 Å². The van der Waals surface area contributed by atoms with Crippen molar-refractivity contribution in [1.29, 1.82) is 0 Å². The van der Waals surface area contributed by atoms with Gasteiger partial charge in [0.15, 0.2) is 5.88 Å². The first-order valence-electron chi connectivity index (χ1n) is 18.1. The number of nitrogens with one attached hydrogen (secondary N) is 2. The van der Waals surface area contributed by atoms with Gasteiger partial charge in [-0.1, -0.05) is 6.92 Å². The quantitative estimate of drug-likeness (QED) is 0.159. The van der Waals surface area contributed by atoms with E-state index in [4.69, 9.17) is 0 Å². The second kappa shape index (κ2) is 16.1. The van der Waals surface area contributed by atoms with Crippen LogP contribution in [0.5, 0.6) is 0 Å². The largest absolute Gasteiger partial charge is 0.418 e. The number of alkyl halides is 6. The minimum Gasteiger partial charge on any atom is -0.306 e. The highest BCUT2D eigenvalue weighted by Gasteiger charge is 2.41. The van der Waals surface area contributed by atoms with Gasteiger partial charge in [-0.15, -0.1) is 9.09 Å². The van der Waals surface area contributed by atoms with Gasteiger partial charge in [-0.3, -0.25) is 23.9 Å². The summed E-state index contributed by atoms with van der Waals surface area (Å²) < 4.78 is 143. The molecule has 0 saturated heterocycles. The number of carbonyl (C=O) groups excluding carboxylic acids is 2. The fourth-order valence-corrected chi connectivity index (χ4v) is 10.1. The summed E-state index contributed by atoms with van der Waals surface area (Å²) >= 11 is 0. The maximum Gasteiger partial charge on any atom is 0.418 e. The zero-order valence-electron chi connectivity index (χ0n) is 32.8. The van der Waals surface area contributed by atoms with Crippen LogP contribution in [0.3, 0.4) is 0 Å². The maximum atomic E-state index is 14.4. The zero-order chi connectivity index (χ0) is 46.7. The van der Waals surface area contributed by atoms with Crippen LogP contribution in [-0.2, 0) is 42.0 Å². The lowest BCUT2D eigenvalue weighted by atomic mass is 10.0. The van der Waals surface area contributed by atoms with Crippen molar-refractivity contribution >= 4 is 53.5 Å². The molecular formula is C35H32F6N10O10S2. The number of nitrogens with zero attached hydrogens (tertiary/aromatic N) is 8. The smallest absolute Gasteiger partial charge is 0.306 e. The molecule has 0 unspecified atom stereocenters. The second-order valence-corrected chi connectivity index (χ2v) is 17.7. The lowest BCUT2D eigenvalue weighted by molar-refractivity contribution is -0.138. The van der Waals surface area contributed by atoms with Crippen molar-refractivity contribution in [1.82, 2.24) is 38.7 Å². The third-order valence-electron chi connectivity index (χ3n) is 9.24. The molecule has 0 fully saturated rings. The van der Waals surface area contributed by atoms with Crippen LogP contribution in [0.15, 0.2) is 74.4 Å². The van der Waals surface area contributed by atoms with Crippen LogP contribution in [-0.4, -0.2) is 78.8 Å². The minimum absolute atomic E-state index is 0.0550. The Balaban J connectivity index is 1.60. The predicted molar refractivity (Wildman–Crippen MR) is 211 cm³/mol. The Bertz CT molecular complexity index is 3300. The summed E-state index contributed by atoms with van der Waals surface area (Å²) in [5.41, 5.74) is -13.2. The molecule has 0 spiro atoms. The van der Waals surface area contributed by atoms with Crippen LogP contribution in [0.1, 0.15) is 57.7 Å². The van der Waals surface area contributed by atoms with Gasteiger partial charge in [-0.2, -0.15) is 40.5 Å². The summed E-state index contributed by atoms with van der Waals surface area (Å²) in [6.45, 7) is 5.10. The average Bonchev–Trinajstić information content (AvgIpc) is 3.88. The van der Waals surface area contributed by atoms with Crippen molar-refractivity contribution in [2.45, 2.75) is 58.9 Å². The first kappa shape index (κ1) is 45.7. The number of carbonyl (C=O) groups is 2. The molecule has 4 heterocycles. The fourth-order valence-electron chi connectivity index (χ4n) is 6.64. The van der Waals surface area contributed by atoms with Crippen LogP contribution in [0.2, 0.25) is 0 Å². The molecule has 28 heteroatoms. The van der Waals surface area contributed by atoms with E-state index in [0.29, 0.717) is 31.2 Å². The fraction of sp³-hybridized carbons (Fsp3) is 0.314. The van der Waals surface area contributed by atoms with Gasteiger partial charge in [0.05, 0.1) is 50.6 Å². The number of H-pyrrole nitrogens is 2. The van der Waals surface area contributed by atoms with Crippen molar-refractivity contribution in [3.63, 3.8) is 0 Å². The number of rotatable bonds is 13. The first-order valence-corrected chi connectivity index (χ1v) is 21.3. The van der Waals surface area contributed by atoms with Crippen LogP contribution in [0.4, 0.5) is 26.3 Å². The van der Waals surface area contributed by atoms with Crippen molar-refractivity contribution in [3.05, 3.63) is 108 Å². The summed E-state index contributed by atoms with van der Waals surface area (Å²) in [4.78, 5) is 88.7. The molecule has 2 aromatic carbocycles. The molecule has 0 aliphatic rings. The van der Waals surface area contributed by atoms with Crippen LogP contribution >= 0.6 is 0 Å². The molecule has 0 radical (unpaired) electrons. The third-order valence-corrected chi connectivity index (χ3v) is 12.5. The van der Waals surface area contributed by atoms with Crippen LogP contribution in [0.25, 0.3) is 38.8 Å². The number of benzene rings is 2. The van der Waals surface area contributed by atoms with Gasteiger partial charge < -0.3 is 14.5 Å². The molecule has 0 aliphatic carbocycles. The number of aromatic amines is 2. The molecule has 0 bridgehead atoms. The number of hydrogen-bond donors (Lipinski definition) is 2. The van der Waals surface area contributed by atoms with Crippen LogP contribution in [0, 0.1) is 0 Å². The number of ketones is 1. The summed E-state index contributed by atoms with van der Waals surface area (Å²) in [6.07, 6.45) is -6.40. The molecular weight excluding hydrogens is 899 g/mol. The van der Waals surface area contributed by atoms with Gasteiger partial charge in [0, 0.05) is 43.5 Å². The Kier molecular flexibility index (Phi) is 11.7. The van der Waals surface area contributed by atoms with E-state index in [2.05, 4.69) is 10.1 Å². The molecule has 6 rings (SSSR count). The highest BCUT2D eigenvalue weighted by Crippen LogP contribution is 2.39. The van der Waals surface area contributed by atoms with E-state index in [1.54, 1.807) is 13.8 Å². The predicted octanol–water partition coefficient (Wildman–Crippen LogP) is 2.47. The number of aromatic nitrogens is 8. The summed E-state index contributed by atoms with van der Waals surface area (Å²) in [7, 11) is -11.5. The zero-order valence-corrected chi connectivity index (χ0v) is 34.5. The van der Waals surface area contributed by atoms with Gasteiger partial charge in [-0.05, 0) is 50.6 Å². The number of imidazole rings is 1. The van der Waals surface area contributed by atoms with Crippen molar-refractivity contribution in [2.24, 2.45) is 0 Å². The van der Waals surface area contributed by atoms with Gasteiger partial charge in [-0.25, -0.2) is 31.4 Å². The molecule has 6 aromatic rings. The topological polar surface area (TPSA) is 254 Å². The molecule has 0 aliphatic heterocycles. The number of Topliss-reactive ketones (excluding diaryl/α,β-unsaturated/α-hetero) is 1. The summed E-state index contributed by atoms with van der Waals surface area (Å²) in [5, 5.41) is 2.34. The number of fused-ring (bicyclic) bond motifs is 2. The van der Waals surface area contributed by atoms with E-state index in [1.807, 2.05) is 9.97 Å². The first-order chi connectivity index (χ1) is 29.2. The highest BCUT2D eigenvalue weighted by atomic mass is 32.2. The van der Waals surface area contributed by atoms with E-state index in [9.17, 15) is 71.9 Å². The van der Waals surface area contributed by atoms with Crippen molar-refractivity contribution < 1.29 is 52.8 Å². The number of hydrogen-bond acceptors (Lipinski definition) is 12. The van der Waals surface area contributed by atoms with E-state index in [-0.39, 0.29) is 21.5 Å². The average molecular weight is 931 g/mol. The Labute approximate surface area is 348 Å². The monoisotopic (exact) mass is 930 g/mol. The van der Waals surface area contributed by atoms with E-state index in [0.717, 1.165) is 34.2 Å². The Morgan fingerprint density at radius 1 is 0.810 bits per heavy atom. The summed E-state index contributed by atoms with van der Waals surface area (Å²) in [6, 6.07) is 2.61.